The molecule has 1 aromatic rings. The molecule has 0 aromatic carbocycles. The minimum Gasteiger partial charge on any atom is -0.481 e. The Labute approximate surface area is 92.9 Å². The Hall–Kier alpha value is -2.09. The molecule has 82 valence electrons. The number of anilines is 1. The molecular formula is C11H11N3O2. The second-order valence-electron chi connectivity index (χ2n) is 3.85. The van der Waals surface area contributed by atoms with Gasteiger partial charge in [-0.15, -0.1) is 0 Å². The third-order valence-electron chi connectivity index (χ3n) is 2.65. The van der Waals surface area contributed by atoms with Crippen LogP contribution in [0, 0.1) is 17.2 Å². The van der Waals surface area contributed by atoms with Crippen molar-refractivity contribution in [1.29, 1.82) is 5.26 Å². The van der Waals surface area contributed by atoms with Crippen LogP contribution in [0.15, 0.2) is 18.3 Å². The predicted octanol–water partition coefficient (Wildman–Crippen LogP) is 0.864. The summed E-state index contributed by atoms with van der Waals surface area (Å²) in [5.74, 6) is -0.583. The van der Waals surface area contributed by atoms with Crippen LogP contribution in [0.1, 0.15) is 12.1 Å². The highest BCUT2D eigenvalue weighted by Crippen LogP contribution is 2.27. The maximum atomic E-state index is 10.5. The summed E-state index contributed by atoms with van der Waals surface area (Å²) in [5, 5.41) is 17.5. The van der Waals surface area contributed by atoms with E-state index in [0.717, 1.165) is 5.69 Å². The summed E-state index contributed by atoms with van der Waals surface area (Å²) in [5.41, 5.74) is 1.20. The van der Waals surface area contributed by atoms with Gasteiger partial charge in [-0.25, -0.2) is 4.98 Å². The summed E-state index contributed by atoms with van der Waals surface area (Å²) < 4.78 is 0. The molecule has 0 bridgehead atoms. The van der Waals surface area contributed by atoms with Crippen LogP contribution in [0.2, 0.25) is 0 Å². The first-order valence-corrected chi connectivity index (χ1v) is 5.02. The molecule has 1 fully saturated rings. The topological polar surface area (TPSA) is 77.2 Å². The van der Waals surface area contributed by atoms with Gasteiger partial charge in [0.1, 0.15) is 6.07 Å². The van der Waals surface area contributed by atoms with E-state index in [-0.39, 0.29) is 12.3 Å². The Balaban J connectivity index is 2.02. The van der Waals surface area contributed by atoms with E-state index in [1.54, 1.807) is 12.3 Å². The lowest BCUT2D eigenvalue weighted by Crippen LogP contribution is -2.48. The molecule has 0 aliphatic carbocycles. The number of nitrogens with zero attached hydrogens (tertiary/aromatic N) is 3. The Morgan fingerprint density at radius 1 is 1.69 bits per heavy atom. The van der Waals surface area contributed by atoms with Crippen LogP contribution in [-0.4, -0.2) is 29.1 Å². The van der Waals surface area contributed by atoms with Gasteiger partial charge in [0.2, 0.25) is 0 Å². The lowest BCUT2D eigenvalue weighted by Gasteiger charge is -2.40. The van der Waals surface area contributed by atoms with Crippen LogP contribution in [0.25, 0.3) is 0 Å². The molecule has 1 aliphatic rings. The first-order chi connectivity index (χ1) is 7.70. The molecule has 1 saturated heterocycles. The quantitative estimate of drug-likeness (QED) is 0.812. The molecule has 5 heteroatoms. The molecule has 0 saturated carbocycles. The van der Waals surface area contributed by atoms with Gasteiger partial charge in [0, 0.05) is 25.2 Å². The van der Waals surface area contributed by atoms with E-state index in [4.69, 9.17) is 10.4 Å². The number of rotatable bonds is 3. The number of carboxylic acids is 1. The van der Waals surface area contributed by atoms with E-state index in [2.05, 4.69) is 4.98 Å². The van der Waals surface area contributed by atoms with Crippen LogP contribution in [0.5, 0.6) is 0 Å². The molecule has 0 amide bonds. The minimum absolute atomic E-state index is 0.184. The molecule has 1 N–H and O–H groups in total. The molecule has 16 heavy (non-hydrogen) atoms. The number of carbonyl (C=O) groups is 1. The first-order valence-electron chi connectivity index (χ1n) is 5.02. The van der Waals surface area contributed by atoms with Crippen molar-refractivity contribution in [2.75, 3.05) is 18.0 Å². The normalized spacial score (nSPS) is 15.3. The average Bonchev–Trinajstić information content (AvgIpc) is 2.22. The van der Waals surface area contributed by atoms with Crippen LogP contribution in [0.4, 0.5) is 5.69 Å². The van der Waals surface area contributed by atoms with Gasteiger partial charge >= 0.3 is 5.97 Å². The van der Waals surface area contributed by atoms with E-state index in [1.807, 2.05) is 17.0 Å². The van der Waals surface area contributed by atoms with E-state index >= 15 is 0 Å². The van der Waals surface area contributed by atoms with Crippen LogP contribution in [0.3, 0.4) is 0 Å². The Morgan fingerprint density at radius 2 is 2.44 bits per heavy atom. The largest absolute Gasteiger partial charge is 0.481 e. The number of pyridine rings is 1. The highest BCUT2D eigenvalue weighted by atomic mass is 16.4. The van der Waals surface area contributed by atoms with Gasteiger partial charge in [-0.1, -0.05) is 0 Å². The molecule has 0 unspecified atom stereocenters. The maximum absolute atomic E-state index is 10.5. The van der Waals surface area contributed by atoms with Crippen molar-refractivity contribution in [1.82, 2.24) is 4.98 Å². The van der Waals surface area contributed by atoms with Crippen LogP contribution < -0.4 is 4.90 Å². The number of aromatic nitrogens is 1. The maximum Gasteiger partial charge on any atom is 0.303 e. The standard InChI is InChI=1S/C11H11N3O2/c12-5-9-10(2-1-3-13-9)14-6-8(7-14)4-11(15)16/h1-3,8H,4,6-7H2,(H,15,16). The van der Waals surface area contributed by atoms with Gasteiger partial charge in [-0.3, -0.25) is 4.79 Å². The molecule has 0 spiro atoms. The lowest BCUT2D eigenvalue weighted by atomic mass is 9.95. The molecular weight excluding hydrogens is 206 g/mol. The number of aliphatic carboxylic acids is 1. The fourth-order valence-corrected chi connectivity index (χ4v) is 1.88. The summed E-state index contributed by atoms with van der Waals surface area (Å²) in [7, 11) is 0. The summed E-state index contributed by atoms with van der Waals surface area (Å²) in [6.07, 6.45) is 1.77. The third-order valence-corrected chi connectivity index (χ3v) is 2.65. The summed E-state index contributed by atoms with van der Waals surface area (Å²) in [6.45, 7) is 1.37. The fourth-order valence-electron chi connectivity index (χ4n) is 1.88. The Kier molecular flexibility index (Phi) is 2.73. The van der Waals surface area contributed by atoms with Gasteiger partial charge in [0.15, 0.2) is 5.69 Å². The summed E-state index contributed by atoms with van der Waals surface area (Å²) >= 11 is 0. The Morgan fingerprint density at radius 3 is 3.06 bits per heavy atom. The number of hydrogen-bond acceptors (Lipinski definition) is 4. The summed E-state index contributed by atoms with van der Waals surface area (Å²) in [4.78, 5) is 16.4. The zero-order valence-corrected chi connectivity index (χ0v) is 8.63. The van der Waals surface area contributed by atoms with Crippen molar-refractivity contribution >= 4 is 11.7 Å². The molecule has 5 nitrogen and oxygen atoms in total. The molecule has 2 rings (SSSR count). The average molecular weight is 217 g/mol. The van der Waals surface area contributed by atoms with E-state index < -0.39 is 5.97 Å². The fraction of sp³-hybridized carbons (Fsp3) is 0.364. The van der Waals surface area contributed by atoms with E-state index in [1.165, 1.54) is 0 Å². The van der Waals surface area contributed by atoms with Gasteiger partial charge in [0.25, 0.3) is 0 Å². The second-order valence-corrected chi connectivity index (χ2v) is 3.85. The van der Waals surface area contributed by atoms with Gasteiger partial charge in [-0.05, 0) is 12.1 Å². The van der Waals surface area contributed by atoms with Crippen molar-refractivity contribution in [3.05, 3.63) is 24.0 Å². The minimum atomic E-state index is -0.767. The van der Waals surface area contributed by atoms with Gasteiger partial charge in [-0.2, -0.15) is 5.26 Å². The molecule has 0 radical (unpaired) electrons. The smallest absolute Gasteiger partial charge is 0.303 e. The number of hydrogen-bond donors (Lipinski definition) is 1. The summed E-state index contributed by atoms with van der Waals surface area (Å²) in [6, 6.07) is 5.65. The molecule has 0 atom stereocenters. The SMILES string of the molecule is N#Cc1ncccc1N1CC(CC(=O)O)C1. The zero-order valence-electron chi connectivity index (χ0n) is 8.63. The van der Waals surface area contributed by atoms with E-state index in [9.17, 15) is 4.79 Å². The number of nitriles is 1. The van der Waals surface area contributed by atoms with Crippen molar-refractivity contribution in [3.8, 4) is 6.07 Å². The van der Waals surface area contributed by atoms with Crippen molar-refractivity contribution < 1.29 is 9.90 Å². The third kappa shape index (κ3) is 1.96. The van der Waals surface area contributed by atoms with Crippen molar-refractivity contribution in [2.45, 2.75) is 6.42 Å². The second kappa shape index (κ2) is 4.19. The number of carboxylic acid groups (broad SMARTS) is 1. The van der Waals surface area contributed by atoms with Crippen LogP contribution in [-0.2, 0) is 4.79 Å². The Bertz CT molecular complexity index is 447. The van der Waals surface area contributed by atoms with Crippen molar-refractivity contribution in [3.63, 3.8) is 0 Å². The van der Waals surface area contributed by atoms with Crippen LogP contribution >= 0.6 is 0 Å². The first kappa shape index (κ1) is 10.4. The lowest BCUT2D eigenvalue weighted by molar-refractivity contribution is -0.138. The van der Waals surface area contributed by atoms with Gasteiger partial charge in [0.05, 0.1) is 12.1 Å². The van der Waals surface area contributed by atoms with Crippen molar-refractivity contribution in [2.24, 2.45) is 5.92 Å². The van der Waals surface area contributed by atoms with Gasteiger partial charge < -0.3 is 10.0 Å². The highest BCUT2D eigenvalue weighted by molar-refractivity contribution is 5.68. The zero-order chi connectivity index (χ0) is 11.5. The molecule has 1 aliphatic heterocycles. The van der Waals surface area contributed by atoms with E-state index in [0.29, 0.717) is 18.8 Å². The predicted molar refractivity (Wildman–Crippen MR) is 56.9 cm³/mol. The monoisotopic (exact) mass is 217 g/mol. The molecule has 1 aromatic heterocycles. The molecule has 2 heterocycles. The highest BCUT2D eigenvalue weighted by Gasteiger charge is 2.30.